The highest BCUT2D eigenvalue weighted by atomic mass is 32.2. The van der Waals surface area contributed by atoms with Crippen molar-refractivity contribution in [1.29, 1.82) is 0 Å². The number of carbonyl (C=O) groups excluding carboxylic acids is 1. The average molecular weight is 300 g/mol. The molecule has 2 aromatic carbocycles. The zero-order valence-corrected chi connectivity index (χ0v) is 12.6. The van der Waals surface area contributed by atoms with E-state index < -0.39 is 9.84 Å². The third kappa shape index (κ3) is 2.76. The van der Waals surface area contributed by atoms with E-state index in [4.69, 9.17) is 0 Å². The second-order valence-electron chi connectivity index (χ2n) is 5.45. The van der Waals surface area contributed by atoms with Gasteiger partial charge in [0.05, 0.1) is 4.90 Å². The second kappa shape index (κ2) is 5.11. The minimum absolute atomic E-state index is 0.218. The lowest BCUT2D eigenvalue weighted by molar-refractivity contribution is 0.0972. The van der Waals surface area contributed by atoms with E-state index in [2.05, 4.69) is 0 Å². The molecule has 0 atom stereocenters. The summed E-state index contributed by atoms with van der Waals surface area (Å²) in [5, 5.41) is 0. The Hall–Kier alpha value is -1.94. The number of carbonyl (C=O) groups is 1. The number of rotatable bonds is 2. The first-order valence-electron chi connectivity index (χ1n) is 6.92. The monoisotopic (exact) mass is 300 g/mol. The second-order valence-corrected chi connectivity index (χ2v) is 7.46. The van der Waals surface area contributed by atoms with Crippen LogP contribution in [0, 0.1) is 0 Å². The summed E-state index contributed by atoms with van der Waals surface area (Å²) in [6, 6.07) is 12.7. The van der Waals surface area contributed by atoms with Crippen molar-refractivity contribution in [2.24, 2.45) is 0 Å². The first-order chi connectivity index (χ1) is 9.95. The zero-order valence-electron chi connectivity index (χ0n) is 11.8. The van der Waals surface area contributed by atoms with Gasteiger partial charge in [0, 0.05) is 18.2 Å². The Kier molecular flexibility index (Phi) is 3.41. The molecule has 0 saturated heterocycles. The summed E-state index contributed by atoms with van der Waals surface area (Å²) < 4.78 is 22.9. The quantitative estimate of drug-likeness (QED) is 0.855. The first kappa shape index (κ1) is 14.0. The van der Waals surface area contributed by atoms with Crippen LogP contribution in [0.2, 0.25) is 0 Å². The van der Waals surface area contributed by atoms with Gasteiger partial charge in [-0.3, -0.25) is 4.79 Å². The standard InChI is InChI=1S/C17H16O3S/c1-21(19,20)15-8-5-12(6-9-15)13-7-10-16-14(11-13)3-2-4-17(16)18/h5-11H,2-4H2,1H3. The van der Waals surface area contributed by atoms with Gasteiger partial charge in [0.1, 0.15) is 0 Å². The van der Waals surface area contributed by atoms with E-state index in [1.807, 2.05) is 30.3 Å². The van der Waals surface area contributed by atoms with Crippen LogP contribution in [0.15, 0.2) is 47.4 Å². The number of Topliss-reactive ketones (excluding diaryl/α,β-unsaturated/α-hetero) is 1. The largest absolute Gasteiger partial charge is 0.294 e. The molecule has 4 heteroatoms. The van der Waals surface area contributed by atoms with Gasteiger partial charge in [-0.25, -0.2) is 8.42 Å². The lowest BCUT2D eigenvalue weighted by Gasteiger charge is -2.15. The summed E-state index contributed by atoms with van der Waals surface area (Å²) in [5.74, 6) is 0.218. The maximum absolute atomic E-state index is 11.8. The number of aryl methyl sites for hydroxylation is 1. The van der Waals surface area contributed by atoms with Crippen molar-refractivity contribution in [3.8, 4) is 11.1 Å². The van der Waals surface area contributed by atoms with Gasteiger partial charge in [-0.1, -0.05) is 30.3 Å². The third-order valence-corrected chi connectivity index (χ3v) is 5.00. The molecule has 3 nitrogen and oxygen atoms in total. The van der Waals surface area contributed by atoms with Crippen molar-refractivity contribution in [3.05, 3.63) is 53.6 Å². The first-order valence-corrected chi connectivity index (χ1v) is 8.81. The molecule has 2 aromatic rings. The molecule has 108 valence electrons. The van der Waals surface area contributed by atoms with Gasteiger partial charge >= 0.3 is 0 Å². The van der Waals surface area contributed by atoms with Crippen LogP contribution in [-0.2, 0) is 16.3 Å². The van der Waals surface area contributed by atoms with Crippen molar-refractivity contribution in [2.75, 3.05) is 6.26 Å². The molecular formula is C17H16O3S. The molecule has 0 amide bonds. The SMILES string of the molecule is CS(=O)(=O)c1ccc(-c2ccc3c(c2)CCCC3=O)cc1. The Morgan fingerprint density at radius 1 is 0.905 bits per heavy atom. The summed E-state index contributed by atoms with van der Waals surface area (Å²) in [6.07, 6.45) is 3.67. The molecule has 0 N–H and O–H groups in total. The van der Waals surface area contributed by atoms with E-state index in [0.29, 0.717) is 11.3 Å². The lowest BCUT2D eigenvalue weighted by atomic mass is 9.88. The minimum atomic E-state index is -3.17. The Labute approximate surface area is 124 Å². The lowest BCUT2D eigenvalue weighted by Crippen LogP contribution is -2.10. The molecule has 0 spiro atoms. The maximum atomic E-state index is 11.8. The fraction of sp³-hybridized carbons (Fsp3) is 0.235. The summed E-state index contributed by atoms with van der Waals surface area (Å²) >= 11 is 0. The molecule has 0 aliphatic heterocycles. The molecule has 3 rings (SSSR count). The highest BCUT2D eigenvalue weighted by Gasteiger charge is 2.17. The molecule has 1 aliphatic rings. The van der Waals surface area contributed by atoms with Crippen LogP contribution in [0.1, 0.15) is 28.8 Å². The van der Waals surface area contributed by atoms with Crippen molar-refractivity contribution in [1.82, 2.24) is 0 Å². The Morgan fingerprint density at radius 3 is 2.24 bits per heavy atom. The molecule has 0 fully saturated rings. The fourth-order valence-corrected chi connectivity index (χ4v) is 3.35. The van der Waals surface area contributed by atoms with Crippen molar-refractivity contribution in [3.63, 3.8) is 0 Å². The van der Waals surface area contributed by atoms with Crippen LogP contribution in [0.25, 0.3) is 11.1 Å². The van der Waals surface area contributed by atoms with Gasteiger partial charge in [0.2, 0.25) is 0 Å². The summed E-state index contributed by atoms with van der Waals surface area (Å²) in [6.45, 7) is 0. The normalized spacial score (nSPS) is 14.8. The van der Waals surface area contributed by atoms with E-state index >= 15 is 0 Å². The number of hydrogen-bond acceptors (Lipinski definition) is 3. The predicted octanol–water partition coefficient (Wildman–Crippen LogP) is 3.28. The van der Waals surface area contributed by atoms with E-state index in [1.54, 1.807) is 12.1 Å². The molecule has 1 aliphatic carbocycles. The van der Waals surface area contributed by atoms with Crippen molar-refractivity contribution in [2.45, 2.75) is 24.2 Å². The number of sulfone groups is 1. The van der Waals surface area contributed by atoms with Crippen LogP contribution in [-0.4, -0.2) is 20.5 Å². The van der Waals surface area contributed by atoms with Gasteiger partial charge < -0.3 is 0 Å². The maximum Gasteiger partial charge on any atom is 0.175 e. The van der Waals surface area contributed by atoms with Gasteiger partial charge in [-0.15, -0.1) is 0 Å². The van der Waals surface area contributed by atoms with E-state index in [1.165, 1.54) is 6.26 Å². The van der Waals surface area contributed by atoms with E-state index in [0.717, 1.165) is 35.1 Å². The highest BCUT2D eigenvalue weighted by Crippen LogP contribution is 2.28. The predicted molar refractivity (Wildman–Crippen MR) is 82.3 cm³/mol. The van der Waals surface area contributed by atoms with Crippen LogP contribution in [0.4, 0.5) is 0 Å². The topological polar surface area (TPSA) is 51.2 Å². The van der Waals surface area contributed by atoms with Gasteiger partial charge in [0.25, 0.3) is 0 Å². The highest BCUT2D eigenvalue weighted by molar-refractivity contribution is 7.90. The van der Waals surface area contributed by atoms with Crippen LogP contribution in [0.5, 0.6) is 0 Å². The number of ketones is 1. The average Bonchev–Trinajstić information content (AvgIpc) is 2.46. The molecule has 0 radical (unpaired) electrons. The van der Waals surface area contributed by atoms with E-state index in [-0.39, 0.29) is 5.78 Å². The molecule has 0 unspecified atom stereocenters. The third-order valence-electron chi connectivity index (χ3n) is 3.87. The number of fused-ring (bicyclic) bond motifs is 1. The molecule has 0 heterocycles. The molecular weight excluding hydrogens is 284 g/mol. The Balaban J connectivity index is 2.00. The summed E-state index contributed by atoms with van der Waals surface area (Å²) in [7, 11) is -3.17. The van der Waals surface area contributed by atoms with Crippen LogP contribution < -0.4 is 0 Å². The van der Waals surface area contributed by atoms with Crippen LogP contribution >= 0.6 is 0 Å². The van der Waals surface area contributed by atoms with Crippen molar-refractivity contribution >= 4 is 15.6 Å². The molecule has 0 aromatic heterocycles. The van der Waals surface area contributed by atoms with Gasteiger partial charge in [0.15, 0.2) is 15.6 Å². The summed E-state index contributed by atoms with van der Waals surface area (Å²) in [5.41, 5.74) is 3.90. The summed E-state index contributed by atoms with van der Waals surface area (Å²) in [4.78, 5) is 12.1. The van der Waals surface area contributed by atoms with E-state index in [9.17, 15) is 13.2 Å². The van der Waals surface area contributed by atoms with Crippen LogP contribution in [0.3, 0.4) is 0 Å². The number of benzene rings is 2. The zero-order chi connectivity index (χ0) is 15.0. The number of hydrogen-bond donors (Lipinski definition) is 0. The molecule has 0 bridgehead atoms. The smallest absolute Gasteiger partial charge is 0.175 e. The Bertz CT molecular complexity index is 802. The van der Waals surface area contributed by atoms with Gasteiger partial charge in [-0.2, -0.15) is 0 Å². The molecule has 21 heavy (non-hydrogen) atoms. The van der Waals surface area contributed by atoms with Crippen molar-refractivity contribution < 1.29 is 13.2 Å². The minimum Gasteiger partial charge on any atom is -0.294 e. The fourth-order valence-electron chi connectivity index (χ4n) is 2.72. The Morgan fingerprint density at radius 2 is 1.57 bits per heavy atom. The molecule has 0 saturated carbocycles. The van der Waals surface area contributed by atoms with Gasteiger partial charge in [-0.05, 0) is 41.7 Å².